The summed E-state index contributed by atoms with van der Waals surface area (Å²) in [5.41, 5.74) is 2.13. The number of methoxy groups -OCH3 is 1. The number of para-hydroxylation sites is 1. The average Bonchev–Trinajstić information content (AvgIpc) is 2.54. The van der Waals surface area contributed by atoms with Crippen LogP contribution in [0.3, 0.4) is 0 Å². The number of anilines is 2. The third-order valence-corrected chi connectivity index (χ3v) is 4.41. The van der Waals surface area contributed by atoms with Gasteiger partial charge in [0, 0.05) is 24.1 Å². The molecule has 0 atom stereocenters. The van der Waals surface area contributed by atoms with E-state index in [1.54, 1.807) is 31.4 Å². The zero-order valence-electron chi connectivity index (χ0n) is 13.3. The van der Waals surface area contributed by atoms with E-state index < -0.39 is 0 Å². The van der Waals surface area contributed by atoms with Gasteiger partial charge in [-0.15, -0.1) is 0 Å². The van der Waals surface area contributed by atoms with Crippen molar-refractivity contribution < 1.29 is 9.53 Å². The lowest BCUT2D eigenvalue weighted by molar-refractivity contribution is -0.115. The number of halogens is 3. The molecule has 0 aromatic heterocycles. The molecule has 0 fully saturated rings. The van der Waals surface area contributed by atoms with Crippen molar-refractivity contribution in [2.75, 3.05) is 24.3 Å². The molecule has 0 aliphatic carbocycles. The SMILES string of the molecule is COc1cc(Cl)c(C)cc1NCCC(=O)Nc1c(Cl)cccc1Cl. The topological polar surface area (TPSA) is 50.4 Å². The van der Waals surface area contributed by atoms with E-state index in [2.05, 4.69) is 10.6 Å². The molecule has 0 radical (unpaired) electrons. The summed E-state index contributed by atoms with van der Waals surface area (Å²) in [6.07, 6.45) is 0.242. The molecule has 2 N–H and O–H groups in total. The molecule has 0 saturated heterocycles. The maximum atomic E-state index is 12.1. The van der Waals surface area contributed by atoms with Gasteiger partial charge < -0.3 is 15.4 Å². The zero-order chi connectivity index (χ0) is 17.7. The maximum Gasteiger partial charge on any atom is 0.226 e. The number of benzene rings is 2. The van der Waals surface area contributed by atoms with Crippen molar-refractivity contribution in [1.29, 1.82) is 0 Å². The van der Waals surface area contributed by atoms with E-state index in [-0.39, 0.29) is 12.3 Å². The van der Waals surface area contributed by atoms with Crippen LogP contribution in [0, 0.1) is 6.92 Å². The van der Waals surface area contributed by atoms with Crippen LogP contribution in [0.1, 0.15) is 12.0 Å². The molecule has 0 spiro atoms. The quantitative estimate of drug-likeness (QED) is 0.697. The summed E-state index contributed by atoms with van der Waals surface area (Å²) in [6, 6.07) is 8.68. The molecule has 1 amide bonds. The van der Waals surface area contributed by atoms with Crippen LogP contribution >= 0.6 is 34.8 Å². The monoisotopic (exact) mass is 386 g/mol. The number of rotatable bonds is 6. The van der Waals surface area contributed by atoms with Gasteiger partial charge in [0.15, 0.2) is 0 Å². The highest BCUT2D eigenvalue weighted by Crippen LogP contribution is 2.31. The molecule has 0 saturated carbocycles. The van der Waals surface area contributed by atoms with Crippen LogP contribution in [-0.4, -0.2) is 19.6 Å². The van der Waals surface area contributed by atoms with Gasteiger partial charge in [0.2, 0.25) is 5.91 Å². The lowest BCUT2D eigenvalue weighted by Gasteiger charge is -2.13. The fourth-order valence-electron chi connectivity index (χ4n) is 2.10. The predicted molar refractivity (Wildman–Crippen MR) is 101 cm³/mol. The summed E-state index contributed by atoms with van der Waals surface area (Å²) >= 11 is 18.1. The minimum absolute atomic E-state index is 0.192. The van der Waals surface area contributed by atoms with E-state index in [9.17, 15) is 4.79 Å². The van der Waals surface area contributed by atoms with Crippen LogP contribution in [0.2, 0.25) is 15.1 Å². The number of carbonyl (C=O) groups excluding carboxylic acids is 1. The van der Waals surface area contributed by atoms with Crippen molar-refractivity contribution >= 4 is 52.1 Å². The Labute approximate surface area is 156 Å². The van der Waals surface area contributed by atoms with E-state index >= 15 is 0 Å². The zero-order valence-corrected chi connectivity index (χ0v) is 15.5. The second kappa shape index (κ2) is 8.47. The smallest absolute Gasteiger partial charge is 0.226 e. The molecule has 4 nitrogen and oxygen atoms in total. The van der Waals surface area contributed by atoms with Crippen LogP contribution in [0.4, 0.5) is 11.4 Å². The van der Waals surface area contributed by atoms with Crippen molar-refractivity contribution in [3.05, 3.63) is 51.0 Å². The molecule has 128 valence electrons. The first-order valence-electron chi connectivity index (χ1n) is 7.24. The fraction of sp³-hybridized carbons (Fsp3) is 0.235. The Morgan fingerprint density at radius 1 is 1.12 bits per heavy atom. The lowest BCUT2D eigenvalue weighted by atomic mass is 10.2. The van der Waals surface area contributed by atoms with Crippen LogP contribution < -0.4 is 15.4 Å². The Balaban J connectivity index is 1.95. The van der Waals surface area contributed by atoms with Crippen molar-refractivity contribution in [3.63, 3.8) is 0 Å². The van der Waals surface area contributed by atoms with E-state index in [0.29, 0.717) is 33.0 Å². The number of ether oxygens (including phenoxy) is 1. The minimum atomic E-state index is -0.192. The number of nitrogens with one attached hydrogen (secondary N) is 2. The molecular formula is C17H17Cl3N2O2. The molecule has 7 heteroatoms. The van der Waals surface area contributed by atoms with Crippen LogP contribution in [-0.2, 0) is 4.79 Å². The van der Waals surface area contributed by atoms with Gasteiger partial charge in [-0.2, -0.15) is 0 Å². The largest absolute Gasteiger partial charge is 0.495 e. The van der Waals surface area contributed by atoms with Crippen molar-refractivity contribution in [2.45, 2.75) is 13.3 Å². The maximum absolute atomic E-state index is 12.1. The Kier molecular flexibility index (Phi) is 6.60. The van der Waals surface area contributed by atoms with Crippen molar-refractivity contribution in [3.8, 4) is 5.75 Å². The van der Waals surface area contributed by atoms with Crippen LogP contribution in [0.5, 0.6) is 5.75 Å². The Bertz CT molecular complexity index is 731. The van der Waals surface area contributed by atoms with Gasteiger partial charge in [-0.25, -0.2) is 0 Å². The lowest BCUT2D eigenvalue weighted by Crippen LogP contribution is -2.17. The first-order valence-corrected chi connectivity index (χ1v) is 8.37. The van der Waals surface area contributed by atoms with Crippen molar-refractivity contribution in [2.24, 2.45) is 0 Å². The highest BCUT2D eigenvalue weighted by atomic mass is 35.5. The number of aryl methyl sites for hydroxylation is 1. The van der Waals surface area contributed by atoms with Gasteiger partial charge >= 0.3 is 0 Å². The number of hydrogen-bond acceptors (Lipinski definition) is 3. The van der Waals surface area contributed by atoms with E-state index in [1.807, 2.05) is 13.0 Å². The highest BCUT2D eigenvalue weighted by molar-refractivity contribution is 6.39. The van der Waals surface area contributed by atoms with E-state index in [0.717, 1.165) is 11.3 Å². The Hall–Kier alpha value is -1.62. The fourth-order valence-corrected chi connectivity index (χ4v) is 2.75. The summed E-state index contributed by atoms with van der Waals surface area (Å²) in [5, 5.41) is 7.32. The molecule has 0 aliphatic rings. The summed E-state index contributed by atoms with van der Waals surface area (Å²) in [4.78, 5) is 12.1. The van der Waals surface area contributed by atoms with Crippen LogP contribution in [0.15, 0.2) is 30.3 Å². The van der Waals surface area contributed by atoms with Gasteiger partial charge in [-0.3, -0.25) is 4.79 Å². The predicted octanol–water partition coefficient (Wildman–Crippen LogP) is 5.40. The number of amides is 1. The minimum Gasteiger partial charge on any atom is -0.495 e. The van der Waals surface area contributed by atoms with Gasteiger partial charge in [0.05, 0.1) is 28.5 Å². The standard InChI is InChI=1S/C17H17Cl3N2O2/c1-10-8-14(15(24-2)9-13(10)20)21-7-6-16(23)22-17-11(18)4-3-5-12(17)19/h3-5,8-9,21H,6-7H2,1-2H3,(H,22,23). The molecule has 0 aliphatic heterocycles. The van der Waals surface area contributed by atoms with Crippen LogP contribution in [0.25, 0.3) is 0 Å². The third kappa shape index (κ3) is 4.69. The average molecular weight is 388 g/mol. The number of carbonyl (C=O) groups is 1. The normalized spacial score (nSPS) is 10.4. The molecule has 2 aromatic carbocycles. The summed E-state index contributed by atoms with van der Waals surface area (Å²) < 4.78 is 5.28. The van der Waals surface area contributed by atoms with Gasteiger partial charge in [-0.1, -0.05) is 40.9 Å². The van der Waals surface area contributed by atoms with Gasteiger partial charge in [-0.05, 0) is 30.7 Å². The first kappa shape index (κ1) is 18.7. The molecule has 2 aromatic rings. The summed E-state index contributed by atoms with van der Waals surface area (Å²) in [5.74, 6) is 0.433. The first-order chi connectivity index (χ1) is 11.4. The molecule has 24 heavy (non-hydrogen) atoms. The number of hydrogen-bond donors (Lipinski definition) is 2. The molecule has 0 unspecified atom stereocenters. The van der Waals surface area contributed by atoms with Gasteiger partial charge in [0.25, 0.3) is 0 Å². The molecule has 2 rings (SSSR count). The van der Waals surface area contributed by atoms with E-state index in [4.69, 9.17) is 39.5 Å². The molecule has 0 bridgehead atoms. The van der Waals surface area contributed by atoms with Crippen molar-refractivity contribution in [1.82, 2.24) is 0 Å². The van der Waals surface area contributed by atoms with E-state index in [1.165, 1.54) is 0 Å². The Morgan fingerprint density at radius 3 is 2.42 bits per heavy atom. The Morgan fingerprint density at radius 2 is 1.79 bits per heavy atom. The second-order valence-corrected chi connectivity index (χ2v) is 6.34. The molecular weight excluding hydrogens is 371 g/mol. The molecule has 0 heterocycles. The third-order valence-electron chi connectivity index (χ3n) is 3.38. The highest BCUT2D eigenvalue weighted by Gasteiger charge is 2.11. The second-order valence-electron chi connectivity index (χ2n) is 5.12. The van der Waals surface area contributed by atoms with Gasteiger partial charge in [0.1, 0.15) is 5.75 Å². The summed E-state index contributed by atoms with van der Waals surface area (Å²) in [6.45, 7) is 2.32. The summed E-state index contributed by atoms with van der Waals surface area (Å²) in [7, 11) is 1.57.